The van der Waals surface area contributed by atoms with Gasteiger partial charge in [-0.3, -0.25) is 19.5 Å². The number of carbonyl (C=O) groups excluding carboxylic acids is 1. The highest BCUT2D eigenvalue weighted by Crippen LogP contribution is 2.32. The number of aromatic nitrogens is 3. The molecule has 3 aromatic rings. The fourth-order valence-corrected chi connectivity index (χ4v) is 5.06. The van der Waals surface area contributed by atoms with E-state index in [4.69, 9.17) is 4.98 Å². The van der Waals surface area contributed by atoms with Crippen LogP contribution in [-0.4, -0.2) is 43.7 Å². The number of fused-ring (bicyclic) bond motifs is 1. The maximum Gasteiger partial charge on any atom is 0.264 e. The third kappa shape index (κ3) is 3.68. The molecule has 7 nitrogen and oxygen atoms in total. The van der Waals surface area contributed by atoms with Crippen LogP contribution in [0.4, 0.5) is 0 Å². The Morgan fingerprint density at radius 2 is 2.20 bits per heavy atom. The molecule has 1 fully saturated rings. The number of hydrogen-bond donors (Lipinski definition) is 1. The van der Waals surface area contributed by atoms with Crippen molar-refractivity contribution in [2.75, 3.05) is 13.1 Å². The van der Waals surface area contributed by atoms with Crippen molar-refractivity contribution in [1.82, 2.24) is 24.8 Å². The smallest absolute Gasteiger partial charge is 0.264 e. The average Bonchev–Trinajstić information content (AvgIpc) is 3.47. The van der Waals surface area contributed by atoms with Crippen molar-refractivity contribution < 1.29 is 4.79 Å². The number of nitrogens with one attached hydrogen (secondary N) is 1. The SMILES string of the molecule is O=C(c1cccs1)N1CCC[C@H]1c1nc2c(c(=O)[nH]1)CN(Cc1cccnc1)CC2. The maximum absolute atomic E-state index is 12.9. The minimum Gasteiger partial charge on any atom is -0.328 e. The summed E-state index contributed by atoms with van der Waals surface area (Å²) in [6.07, 6.45) is 6.10. The summed E-state index contributed by atoms with van der Waals surface area (Å²) in [5.74, 6) is 0.650. The van der Waals surface area contributed by atoms with Gasteiger partial charge < -0.3 is 9.88 Å². The van der Waals surface area contributed by atoms with Gasteiger partial charge in [-0.25, -0.2) is 4.98 Å². The van der Waals surface area contributed by atoms with Gasteiger partial charge in [0.1, 0.15) is 5.82 Å². The Kier molecular flexibility index (Phi) is 5.18. The average molecular weight is 422 g/mol. The van der Waals surface area contributed by atoms with E-state index in [0.29, 0.717) is 18.9 Å². The molecule has 0 bridgehead atoms. The van der Waals surface area contributed by atoms with Gasteiger partial charge in [0, 0.05) is 45.0 Å². The highest BCUT2D eigenvalue weighted by molar-refractivity contribution is 7.12. The summed E-state index contributed by atoms with van der Waals surface area (Å²) in [6, 6.07) is 7.55. The molecule has 1 amide bonds. The number of hydrogen-bond acceptors (Lipinski definition) is 6. The third-order valence-electron chi connectivity index (χ3n) is 5.86. The van der Waals surface area contributed by atoms with Gasteiger partial charge in [0.2, 0.25) is 0 Å². The lowest BCUT2D eigenvalue weighted by Gasteiger charge is -2.29. The second-order valence-corrected chi connectivity index (χ2v) is 8.78. The zero-order chi connectivity index (χ0) is 20.5. The van der Waals surface area contributed by atoms with Gasteiger partial charge in [0.05, 0.1) is 22.2 Å². The highest BCUT2D eigenvalue weighted by Gasteiger charge is 2.34. The maximum atomic E-state index is 12.9. The molecule has 5 heterocycles. The van der Waals surface area contributed by atoms with Crippen molar-refractivity contribution in [1.29, 1.82) is 0 Å². The molecule has 0 aliphatic carbocycles. The Bertz CT molecular complexity index is 1100. The molecule has 0 aromatic carbocycles. The summed E-state index contributed by atoms with van der Waals surface area (Å²) < 4.78 is 0. The van der Waals surface area contributed by atoms with E-state index in [1.807, 2.05) is 40.7 Å². The van der Waals surface area contributed by atoms with Crippen LogP contribution in [0.2, 0.25) is 0 Å². The third-order valence-corrected chi connectivity index (χ3v) is 6.71. The number of amides is 1. The Balaban J connectivity index is 1.37. The largest absolute Gasteiger partial charge is 0.328 e. The molecular formula is C22H23N5O2S. The molecular weight excluding hydrogens is 398 g/mol. The minimum absolute atomic E-state index is 0.0236. The van der Waals surface area contributed by atoms with Crippen molar-refractivity contribution in [2.24, 2.45) is 0 Å². The minimum atomic E-state index is -0.161. The van der Waals surface area contributed by atoms with Gasteiger partial charge in [-0.2, -0.15) is 0 Å². The van der Waals surface area contributed by atoms with Gasteiger partial charge in [-0.15, -0.1) is 11.3 Å². The van der Waals surface area contributed by atoms with E-state index in [0.717, 1.165) is 54.0 Å². The van der Waals surface area contributed by atoms with Gasteiger partial charge in [0.15, 0.2) is 0 Å². The second-order valence-electron chi connectivity index (χ2n) is 7.83. The fourth-order valence-electron chi connectivity index (χ4n) is 4.38. The molecule has 8 heteroatoms. The molecule has 0 radical (unpaired) electrons. The van der Waals surface area contributed by atoms with E-state index in [9.17, 15) is 9.59 Å². The van der Waals surface area contributed by atoms with Crippen LogP contribution in [0.25, 0.3) is 0 Å². The van der Waals surface area contributed by atoms with Crippen LogP contribution in [-0.2, 0) is 19.5 Å². The van der Waals surface area contributed by atoms with E-state index in [-0.39, 0.29) is 17.5 Å². The van der Waals surface area contributed by atoms with Crippen LogP contribution in [0.1, 0.15) is 51.2 Å². The van der Waals surface area contributed by atoms with Crippen molar-refractivity contribution >= 4 is 17.2 Å². The number of rotatable bonds is 4. The molecule has 0 unspecified atom stereocenters. The molecule has 0 spiro atoms. The number of thiophene rings is 1. The van der Waals surface area contributed by atoms with E-state index < -0.39 is 0 Å². The predicted molar refractivity (Wildman–Crippen MR) is 114 cm³/mol. The molecule has 2 aliphatic heterocycles. The summed E-state index contributed by atoms with van der Waals surface area (Å²) in [5.41, 5.74) is 2.66. The summed E-state index contributed by atoms with van der Waals surface area (Å²) in [7, 11) is 0. The monoisotopic (exact) mass is 421 g/mol. The summed E-state index contributed by atoms with van der Waals surface area (Å²) in [5, 5.41) is 1.91. The molecule has 1 N–H and O–H groups in total. The van der Waals surface area contributed by atoms with Gasteiger partial charge in [0.25, 0.3) is 11.5 Å². The van der Waals surface area contributed by atoms with Crippen LogP contribution < -0.4 is 5.56 Å². The molecule has 5 rings (SSSR count). The van der Waals surface area contributed by atoms with E-state index in [1.165, 1.54) is 11.3 Å². The van der Waals surface area contributed by atoms with E-state index >= 15 is 0 Å². The Labute approximate surface area is 178 Å². The summed E-state index contributed by atoms with van der Waals surface area (Å²) in [6.45, 7) is 2.89. The molecule has 2 aliphatic rings. The first-order chi connectivity index (χ1) is 14.7. The number of H-pyrrole nitrogens is 1. The zero-order valence-corrected chi connectivity index (χ0v) is 17.4. The number of nitrogens with zero attached hydrogens (tertiary/aromatic N) is 4. The van der Waals surface area contributed by atoms with Gasteiger partial charge >= 0.3 is 0 Å². The lowest BCUT2D eigenvalue weighted by molar-refractivity contribution is 0.0734. The fraction of sp³-hybridized carbons (Fsp3) is 0.364. The van der Waals surface area contributed by atoms with Crippen molar-refractivity contribution in [3.8, 4) is 0 Å². The van der Waals surface area contributed by atoms with Crippen molar-refractivity contribution in [3.05, 3.63) is 79.9 Å². The number of aromatic amines is 1. The molecule has 0 saturated carbocycles. The van der Waals surface area contributed by atoms with E-state index in [2.05, 4.69) is 14.9 Å². The van der Waals surface area contributed by atoms with Crippen LogP contribution >= 0.6 is 11.3 Å². The predicted octanol–water partition coefficient (Wildman–Crippen LogP) is 2.76. The van der Waals surface area contributed by atoms with Crippen LogP contribution in [0.3, 0.4) is 0 Å². The highest BCUT2D eigenvalue weighted by atomic mass is 32.1. The zero-order valence-electron chi connectivity index (χ0n) is 16.6. The summed E-state index contributed by atoms with van der Waals surface area (Å²) in [4.78, 5) is 42.6. The molecule has 3 aromatic heterocycles. The number of likely N-dealkylation sites (tertiary alicyclic amines) is 1. The first kappa shape index (κ1) is 19.1. The van der Waals surface area contributed by atoms with Crippen LogP contribution in [0, 0.1) is 0 Å². The molecule has 1 atom stereocenters. The Morgan fingerprint density at radius 1 is 1.27 bits per heavy atom. The normalized spacial score (nSPS) is 19.1. The van der Waals surface area contributed by atoms with Crippen LogP contribution in [0.5, 0.6) is 0 Å². The number of pyridine rings is 1. The van der Waals surface area contributed by atoms with Gasteiger partial charge in [-0.05, 0) is 35.9 Å². The Hall–Kier alpha value is -2.84. The van der Waals surface area contributed by atoms with Crippen molar-refractivity contribution in [3.63, 3.8) is 0 Å². The van der Waals surface area contributed by atoms with E-state index in [1.54, 1.807) is 6.20 Å². The topological polar surface area (TPSA) is 82.2 Å². The van der Waals surface area contributed by atoms with Gasteiger partial charge in [-0.1, -0.05) is 12.1 Å². The molecule has 154 valence electrons. The lowest BCUT2D eigenvalue weighted by atomic mass is 10.1. The van der Waals surface area contributed by atoms with Crippen LogP contribution in [0.15, 0.2) is 46.8 Å². The standard InChI is InChI=1S/C22H23N5O2S/c28-21-16-14-26(13-15-4-1-8-23-12-15)10-7-17(16)24-20(25-21)18-5-2-9-27(18)22(29)19-6-3-11-30-19/h1,3-4,6,8,11-12,18H,2,5,7,9-10,13-14H2,(H,24,25,28)/t18-/m0/s1. The first-order valence-corrected chi connectivity index (χ1v) is 11.1. The van der Waals surface area contributed by atoms with Crippen molar-refractivity contribution in [2.45, 2.75) is 38.4 Å². The first-order valence-electron chi connectivity index (χ1n) is 10.3. The lowest BCUT2D eigenvalue weighted by Crippen LogP contribution is -2.37. The quantitative estimate of drug-likeness (QED) is 0.701. The molecule has 1 saturated heterocycles. The Morgan fingerprint density at radius 3 is 3.00 bits per heavy atom. The molecule has 30 heavy (non-hydrogen) atoms. The number of carbonyl (C=O) groups is 1. The summed E-state index contributed by atoms with van der Waals surface area (Å²) >= 11 is 1.45. The second kappa shape index (κ2) is 8.12.